The van der Waals surface area contributed by atoms with Gasteiger partial charge in [0.05, 0.1) is 11.1 Å². The molecule has 1 N–H and O–H groups in total. The zero-order chi connectivity index (χ0) is 22.5. The number of aromatic nitrogens is 3. The van der Waals surface area contributed by atoms with Gasteiger partial charge in [-0.25, -0.2) is 9.36 Å². The first-order valence-electron chi connectivity index (χ1n) is 12.2. The first-order chi connectivity index (χ1) is 16.1. The fraction of sp³-hybridized carbons (Fsp3) is 0.462. The standard InChI is InChI=1S/C26H30N4O2S/c1-28-15-17(16-29-12-6-3-7-13-29)20-14-18(10-11-21(20)28)30-25(31)23-19-8-4-2-5-9-22(19)33-24(23)27-26(30)32/h10-11,14-15H,2-9,12-13,16H2,1H3,(H,27,32). The Morgan fingerprint density at radius 2 is 1.79 bits per heavy atom. The Balaban J connectivity index is 1.49. The molecule has 1 aliphatic carbocycles. The van der Waals surface area contributed by atoms with Gasteiger partial charge in [0.2, 0.25) is 0 Å². The first-order valence-corrected chi connectivity index (χ1v) is 13.0. The number of piperidine rings is 1. The van der Waals surface area contributed by atoms with E-state index in [2.05, 4.69) is 27.7 Å². The zero-order valence-corrected chi connectivity index (χ0v) is 20.0. The molecule has 0 unspecified atom stereocenters. The van der Waals surface area contributed by atoms with Crippen molar-refractivity contribution in [3.05, 3.63) is 61.2 Å². The fourth-order valence-corrected chi connectivity index (χ4v) is 7.00. The Bertz CT molecular complexity index is 1470. The number of thiophene rings is 1. The Hall–Kier alpha value is -2.64. The van der Waals surface area contributed by atoms with E-state index in [4.69, 9.17) is 0 Å². The monoisotopic (exact) mass is 462 g/mol. The summed E-state index contributed by atoms with van der Waals surface area (Å²) in [5.41, 5.74) is 3.66. The third-order valence-electron chi connectivity index (χ3n) is 7.42. The van der Waals surface area contributed by atoms with Crippen LogP contribution in [0.4, 0.5) is 0 Å². The van der Waals surface area contributed by atoms with E-state index in [0.717, 1.165) is 72.0 Å². The first kappa shape index (κ1) is 20.9. The van der Waals surface area contributed by atoms with Crippen molar-refractivity contribution in [2.45, 2.75) is 57.9 Å². The zero-order valence-electron chi connectivity index (χ0n) is 19.2. The molecular weight excluding hydrogens is 432 g/mol. The third kappa shape index (κ3) is 3.58. The van der Waals surface area contributed by atoms with Gasteiger partial charge in [0.15, 0.2) is 0 Å². The molecule has 33 heavy (non-hydrogen) atoms. The second-order valence-corrected chi connectivity index (χ2v) is 10.7. The van der Waals surface area contributed by atoms with Crippen LogP contribution >= 0.6 is 11.3 Å². The topological polar surface area (TPSA) is 63.0 Å². The van der Waals surface area contributed by atoms with Crippen LogP contribution in [0.15, 0.2) is 34.0 Å². The summed E-state index contributed by atoms with van der Waals surface area (Å²) in [7, 11) is 2.06. The lowest BCUT2D eigenvalue weighted by atomic mass is 10.1. The number of likely N-dealkylation sites (tertiary alicyclic amines) is 1. The summed E-state index contributed by atoms with van der Waals surface area (Å²) in [6, 6.07) is 5.97. The van der Waals surface area contributed by atoms with Crippen LogP contribution in [0.1, 0.15) is 54.5 Å². The molecule has 0 radical (unpaired) electrons. The van der Waals surface area contributed by atoms with Crippen molar-refractivity contribution in [2.75, 3.05) is 13.1 Å². The highest BCUT2D eigenvalue weighted by Crippen LogP contribution is 2.33. The molecule has 1 aliphatic heterocycles. The minimum atomic E-state index is -0.350. The van der Waals surface area contributed by atoms with Gasteiger partial charge >= 0.3 is 5.69 Å². The molecule has 172 valence electrons. The molecule has 2 aliphatic rings. The summed E-state index contributed by atoms with van der Waals surface area (Å²) in [4.78, 5) is 34.3. The molecule has 6 rings (SSSR count). The van der Waals surface area contributed by atoms with E-state index in [1.54, 1.807) is 11.3 Å². The predicted molar refractivity (Wildman–Crippen MR) is 135 cm³/mol. The number of H-pyrrole nitrogens is 1. The van der Waals surface area contributed by atoms with Gasteiger partial charge in [0, 0.05) is 35.6 Å². The van der Waals surface area contributed by atoms with Gasteiger partial charge in [-0.2, -0.15) is 0 Å². The number of aryl methyl sites for hydroxylation is 3. The molecule has 3 aromatic heterocycles. The average Bonchev–Trinajstić information content (AvgIpc) is 3.21. The molecule has 1 saturated heterocycles. The molecule has 4 heterocycles. The van der Waals surface area contributed by atoms with Crippen molar-refractivity contribution in [2.24, 2.45) is 7.05 Å². The molecular formula is C26H30N4O2S. The Morgan fingerprint density at radius 3 is 2.64 bits per heavy atom. The van der Waals surface area contributed by atoms with Gasteiger partial charge in [-0.05, 0) is 80.9 Å². The highest BCUT2D eigenvalue weighted by molar-refractivity contribution is 7.18. The number of aromatic amines is 1. The minimum absolute atomic E-state index is 0.180. The maximum atomic E-state index is 13.7. The third-order valence-corrected chi connectivity index (χ3v) is 8.63. The van der Waals surface area contributed by atoms with Crippen molar-refractivity contribution in [3.63, 3.8) is 0 Å². The largest absolute Gasteiger partial charge is 0.350 e. The number of hydrogen-bond acceptors (Lipinski definition) is 4. The van der Waals surface area contributed by atoms with Crippen LogP contribution in [0.25, 0.3) is 26.8 Å². The van der Waals surface area contributed by atoms with E-state index in [0.29, 0.717) is 5.69 Å². The molecule has 0 saturated carbocycles. The van der Waals surface area contributed by atoms with Crippen LogP contribution in [0.2, 0.25) is 0 Å². The van der Waals surface area contributed by atoms with Gasteiger partial charge in [0.1, 0.15) is 4.83 Å². The van der Waals surface area contributed by atoms with E-state index in [1.165, 1.54) is 40.7 Å². The van der Waals surface area contributed by atoms with Crippen molar-refractivity contribution >= 4 is 32.5 Å². The van der Waals surface area contributed by atoms with Crippen molar-refractivity contribution in [1.29, 1.82) is 0 Å². The summed E-state index contributed by atoms with van der Waals surface area (Å²) in [6.07, 6.45) is 11.4. The maximum absolute atomic E-state index is 13.7. The average molecular weight is 463 g/mol. The fourth-order valence-electron chi connectivity index (χ4n) is 5.73. The smallest absolute Gasteiger partial charge is 0.334 e. The molecule has 0 bridgehead atoms. The van der Waals surface area contributed by atoms with Gasteiger partial charge in [-0.1, -0.05) is 12.8 Å². The Kier molecular flexibility index (Phi) is 5.26. The summed E-state index contributed by atoms with van der Waals surface area (Å²) in [5, 5.41) is 1.84. The Morgan fingerprint density at radius 1 is 1.00 bits per heavy atom. The number of nitrogens with one attached hydrogen (secondary N) is 1. The van der Waals surface area contributed by atoms with E-state index in [9.17, 15) is 9.59 Å². The highest BCUT2D eigenvalue weighted by atomic mass is 32.1. The van der Waals surface area contributed by atoms with Crippen LogP contribution in [0.5, 0.6) is 0 Å². The lowest BCUT2D eigenvalue weighted by Gasteiger charge is -2.26. The van der Waals surface area contributed by atoms with Crippen LogP contribution in [-0.4, -0.2) is 32.1 Å². The maximum Gasteiger partial charge on any atom is 0.334 e. The lowest BCUT2D eigenvalue weighted by Crippen LogP contribution is -2.33. The van der Waals surface area contributed by atoms with Gasteiger partial charge in [0.25, 0.3) is 5.56 Å². The highest BCUT2D eigenvalue weighted by Gasteiger charge is 2.21. The van der Waals surface area contributed by atoms with Crippen molar-refractivity contribution < 1.29 is 0 Å². The minimum Gasteiger partial charge on any atom is -0.350 e. The number of fused-ring (bicyclic) bond motifs is 4. The number of nitrogens with zero attached hydrogens (tertiary/aromatic N) is 3. The van der Waals surface area contributed by atoms with Gasteiger partial charge in [-0.3, -0.25) is 14.7 Å². The van der Waals surface area contributed by atoms with E-state index >= 15 is 0 Å². The predicted octanol–water partition coefficient (Wildman–Crippen LogP) is 4.49. The molecule has 0 atom stereocenters. The molecule has 1 aromatic carbocycles. The summed E-state index contributed by atoms with van der Waals surface area (Å²) >= 11 is 1.60. The Labute approximate surface area is 196 Å². The molecule has 1 fully saturated rings. The van der Waals surface area contributed by atoms with Crippen molar-refractivity contribution in [3.8, 4) is 5.69 Å². The summed E-state index contributed by atoms with van der Waals surface area (Å²) < 4.78 is 3.49. The normalized spacial score (nSPS) is 17.5. The SMILES string of the molecule is Cn1cc(CN2CCCCC2)c2cc(-n3c(=O)[nH]c4sc5c(c4c3=O)CCCCC5)ccc21. The molecule has 0 amide bonds. The van der Waals surface area contributed by atoms with E-state index in [-0.39, 0.29) is 11.2 Å². The number of hydrogen-bond donors (Lipinski definition) is 1. The molecule has 7 heteroatoms. The second kappa shape index (κ2) is 8.29. The second-order valence-electron chi connectivity index (χ2n) is 9.64. The van der Waals surface area contributed by atoms with Crippen LogP contribution in [0.3, 0.4) is 0 Å². The number of rotatable bonds is 3. The van der Waals surface area contributed by atoms with Gasteiger partial charge in [-0.15, -0.1) is 11.3 Å². The summed E-state index contributed by atoms with van der Waals surface area (Å²) in [6.45, 7) is 3.17. The van der Waals surface area contributed by atoms with Crippen LogP contribution < -0.4 is 11.2 Å². The molecule has 6 nitrogen and oxygen atoms in total. The van der Waals surface area contributed by atoms with Crippen LogP contribution in [-0.2, 0) is 26.4 Å². The number of benzene rings is 1. The van der Waals surface area contributed by atoms with E-state index < -0.39 is 0 Å². The van der Waals surface area contributed by atoms with E-state index in [1.807, 2.05) is 18.2 Å². The van der Waals surface area contributed by atoms with Gasteiger partial charge < -0.3 is 4.57 Å². The molecule has 0 spiro atoms. The van der Waals surface area contributed by atoms with Crippen LogP contribution in [0, 0.1) is 0 Å². The quantitative estimate of drug-likeness (QED) is 0.457. The van der Waals surface area contributed by atoms with Crippen molar-refractivity contribution in [1.82, 2.24) is 19.0 Å². The lowest BCUT2D eigenvalue weighted by molar-refractivity contribution is 0.221. The molecule has 4 aromatic rings. The summed E-state index contributed by atoms with van der Waals surface area (Å²) in [5.74, 6) is 0.